The van der Waals surface area contributed by atoms with Gasteiger partial charge in [-0.1, -0.05) is 19.3 Å². The summed E-state index contributed by atoms with van der Waals surface area (Å²) >= 11 is 0. The predicted octanol–water partition coefficient (Wildman–Crippen LogP) is 2.17. The van der Waals surface area contributed by atoms with E-state index in [1.165, 1.54) is 7.11 Å². The molecule has 1 heterocycles. The van der Waals surface area contributed by atoms with Gasteiger partial charge in [0.25, 0.3) is 5.91 Å². The minimum Gasteiger partial charge on any atom is -0.469 e. The fourth-order valence-corrected chi connectivity index (χ4v) is 2.86. The number of nitrogens with one attached hydrogen (secondary N) is 2. The van der Waals surface area contributed by atoms with E-state index in [2.05, 4.69) is 10.3 Å². The lowest BCUT2D eigenvalue weighted by Gasteiger charge is -2.24. The number of carbonyl (C=O) groups is 2. The summed E-state index contributed by atoms with van der Waals surface area (Å²) in [6.45, 7) is 1.86. The fourth-order valence-electron chi connectivity index (χ4n) is 2.86. The Kier molecular flexibility index (Phi) is 4.82. The number of aromatic nitrogens is 1. The quantitative estimate of drug-likeness (QED) is 0.657. The third-order valence-electron chi connectivity index (χ3n) is 4.03. The lowest BCUT2D eigenvalue weighted by molar-refractivity contribution is -0.146. The molecule has 5 heteroatoms. The van der Waals surface area contributed by atoms with Gasteiger partial charge in [0.1, 0.15) is 0 Å². The Morgan fingerprint density at radius 3 is 2.70 bits per heavy atom. The van der Waals surface area contributed by atoms with Crippen LogP contribution in [0.2, 0.25) is 0 Å². The van der Waals surface area contributed by atoms with Gasteiger partial charge in [0, 0.05) is 17.9 Å². The number of hydrogen-bond acceptors (Lipinski definition) is 3. The first kappa shape index (κ1) is 14.6. The number of aryl methyl sites for hydroxylation is 1. The summed E-state index contributed by atoms with van der Waals surface area (Å²) in [5.41, 5.74) is 1.48. The molecule has 0 bridgehead atoms. The van der Waals surface area contributed by atoms with Crippen LogP contribution in [0.15, 0.2) is 12.3 Å². The van der Waals surface area contributed by atoms with E-state index in [9.17, 15) is 9.59 Å². The van der Waals surface area contributed by atoms with Crippen molar-refractivity contribution in [1.82, 2.24) is 10.3 Å². The number of methoxy groups -OCH3 is 1. The Morgan fingerprint density at radius 2 is 2.05 bits per heavy atom. The van der Waals surface area contributed by atoms with Gasteiger partial charge in [-0.05, 0) is 25.8 Å². The Morgan fingerprint density at radius 1 is 1.30 bits per heavy atom. The third-order valence-corrected chi connectivity index (χ3v) is 4.03. The van der Waals surface area contributed by atoms with E-state index in [1.807, 2.05) is 6.92 Å². The monoisotopic (exact) mass is 278 g/mol. The zero-order valence-corrected chi connectivity index (χ0v) is 12.1. The van der Waals surface area contributed by atoms with Crippen LogP contribution < -0.4 is 5.32 Å². The molecule has 1 amide bonds. The molecule has 0 spiro atoms. The molecule has 2 atom stereocenters. The van der Waals surface area contributed by atoms with Crippen molar-refractivity contribution in [2.24, 2.45) is 5.92 Å². The summed E-state index contributed by atoms with van der Waals surface area (Å²) in [5.74, 6) is -0.571. The number of esters is 1. The molecule has 2 rings (SSSR count). The van der Waals surface area contributed by atoms with E-state index in [0.717, 1.165) is 37.8 Å². The average Bonchev–Trinajstić information content (AvgIpc) is 2.74. The summed E-state index contributed by atoms with van der Waals surface area (Å²) in [4.78, 5) is 27.2. The molecule has 1 aromatic rings. The number of hydrogen-bond donors (Lipinski definition) is 2. The molecule has 1 aliphatic carbocycles. The molecule has 0 unspecified atom stereocenters. The SMILES string of the molecule is COC(=O)[C@@H]1CCCCC[C@@H]1NC(=O)c1cc[nH]c1C. The van der Waals surface area contributed by atoms with E-state index in [4.69, 9.17) is 4.74 Å². The van der Waals surface area contributed by atoms with Gasteiger partial charge in [-0.2, -0.15) is 0 Å². The van der Waals surface area contributed by atoms with Crippen molar-refractivity contribution < 1.29 is 14.3 Å². The van der Waals surface area contributed by atoms with Gasteiger partial charge in [0.15, 0.2) is 0 Å². The van der Waals surface area contributed by atoms with Gasteiger partial charge in [0.05, 0.1) is 18.6 Å². The molecule has 1 saturated carbocycles. The van der Waals surface area contributed by atoms with Gasteiger partial charge < -0.3 is 15.0 Å². The third kappa shape index (κ3) is 3.21. The molecule has 0 radical (unpaired) electrons. The molecular weight excluding hydrogens is 256 g/mol. The van der Waals surface area contributed by atoms with E-state index in [-0.39, 0.29) is 23.8 Å². The lowest BCUT2D eigenvalue weighted by atomic mass is 9.94. The fraction of sp³-hybridized carbons (Fsp3) is 0.600. The summed E-state index contributed by atoms with van der Waals surface area (Å²) in [7, 11) is 1.41. The first-order valence-corrected chi connectivity index (χ1v) is 7.16. The van der Waals surface area contributed by atoms with Crippen molar-refractivity contribution >= 4 is 11.9 Å². The second-order valence-electron chi connectivity index (χ2n) is 5.36. The van der Waals surface area contributed by atoms with Gasteiger partial charge in [-0.15, -0.1) is 0 Å². The highest BCUT2D eigenvalue weighted by Gasteiger charge is 2.31. The minimum atomic E-state index is -0.231. The molecule has 0 saturated heterocycles. The molecular formula is C15H22N2O3. The number of carbonyl (C=O) groups excluding carboxylic acids is 2. The van der Waals surface area contributed by atoms with Gasteiger partial charge >= 0.3 is 5.97 Å². The van der Waals surface area contributed by atoms with E-state index in [1.54, 1.807) is 12.3 Å². The molecule has 5 nitrogen and oxygen atoms in total. The van der Waals surface area contributed by atoms with Crippen LogP contribution >= 0.6 is 0 Å². The van der Waals surface area contributed by atoms with Gasteiger partial charge in [-0.3, -0.25) is 9.59 Å². The molecule has 2 N–H and O–H groups in total. The molecule has 1 aromatic heterocycles. The predicted molar refractivity (Wildman–Crippen MR) is 75.4 cm³/mol. The highest BCUT2D eigenvalue weighted by molar-refractivity contribution is 5.95. The summed E-state index contributed by atoms with van der Waals surface area (Å²) in [6.07, 6.45) is 6.50. The normalized spacial score (nSPS) is 22.9. The smallest absolute Gasteiger partial charge is 0.310 e. The Bertz CT molecular complexity index is 481. The number of amides is 1. The zero-order valence-electron chi connectivity index (χ0n) is 12.1. The summed E-state index contributed by atoms with van der Waals surface area (Å²) in [6, 6.07) is 1.63. The Hall–Kier alpha value is -1.78. The summed E-state index contributed by atoms with van der Waals surface area (Å²) < 4.78 is 4.88. The average molecular weight is 278 g/mol. The van der Waals surface area contributed by atoms with Crippen LogP contribution in [0.25, 0.3) is 0 Å². The Balaban J connectivity index is 2.09. The van der Waals surface area contributed by atoms with Gasteiger partial charge in [0.2, 0.25) is 0 Å². The van der Waals surface area contributed by atoms with E-state index < -0.39 is 0 Å². The molecule has 0 aliphatic heterocycles. The largest absolute Gasteiger partial charge is 0.469 e. The highest BCUT2D eigenvalue weighted by Crippen LogP contribution is 2.25. The highest BCUT2D eigenvalue weighted by atomic mass is 16.5. The van der Waals surface area contributed by atoms with Crippen LogP contribution in [0.3, 0.4) is 0 Å². The molecule has 0 aromatic carbocycles. The molecule has 110 valence electrons. The second-order valence-corrected chi connectivity index (χ2v) is 5.36. The number of H-pyrrole nitrogens is 1. The van der Waals surface area contributed by atoms with Crippen LogP contribution in [0.4, 0.5) is 0 Å². The second kappa shape index (κ2) is 6.59. The molecule has 1 fully saturated rings. The topological polar surface area (TPSA) is 71.2 Å². The standard InChI is InChI=1S/C15H22N2O3/c1-10-11(8-9-16-10)14(18)17-13-7-5-3-4-6-12(13)15(19)20-2/h8-9,12-13,16H,3-7H2,1-2H3,(H,17,18)/t12-,13+/m1/s1. The van der Waals surface area contributed by atoms with Crippen LogP contribution in [-0.4, -0.2) is 30.0 Å². The van der Waals surface area contributed by atoms with Crippen LogP contribution in [0, 0.1) is 12.8 Å². The number of aromatic amines is 1. The van der Waals surface area contributed by atoms with E-state index in [0.29, 0.717) is 5.56 Å². The van der Waals surface area contributed by atoms with Crippen molar-refractivity contribution in [3.8, 4) is 0 Å². The maximum absolute atomic E-state index is 12.3. The van der Waals surface area contributed by atoms with Crippen LogP contribution in [0.1, 0.15) is 48.2 Å². The van der Waals surface area contributed by atoms with Crippen molar-refractivity contribution in [2.75, 3.05) is 7.11 Å². The van der Waals surface area contributed by atoms with Crippen molar-refractivity contribution in [3.05, 3.63) is 23.5 Å². The number of ether oxygens (including phenoxy) is 1. The summed E-state index contributed by atoms with van der Waals surface area (Å²) in [5, 5.41) is 3.01. The zero-order chi connectivity index (χ0) is 14.5. The number of rotatable bonds is 3. The van der Waals surface area contributed by atoms with Crippen molar-refractivity contribution in [1.29, 1.82) is 0 Å². The Labute approximate surface area is 119 Å². The maximum atomic E-state index is 12.3. The molecule has 1 aliphatic rings. The van der Waals surface area contributed by atoms with Crippen molar-refractivity contribution in [2.45, 2.75) is 45.1 Å². The minimum absolute atomic E-state index is 0.121. The van der Waals surface area contributed by atoms with E-state index >= 15 is 0 Å². The maximum Gasteiger partial charge on any atom is 0.310 e. The van der Waals surface area contributed by atoms with Crippen molar-refractivity contribution in [3.63, 3.8) is 0 Å². The first-order valence-electron chi connectivity index (χ1n) is 7.16. The van der Waals surface area contributed by atoms with Crippen LogP contribution in [0.5, 0.6) is 0 Å². The van der Waals surface area contributed by atoms with Gasteiger partial charge in [-0.25, -0.2) is 0 Å². The molecule has 20 heavy (non-hydrogen) atoms. The van der Waals surface area contributed by atoms with Crippen LogP contribution in [-0.2, 0) is 9.53 Å². The lowest BCUT2D eigenvalue weighted by Crippen LogP contribution is -2.43. The first-order chi connectivity index (χ1) is 9.63.